The largest absolute Gasteiger partial charge is 0.496 e. The lowest BCUT2D eigenvalue weighted by atomic mass is 9.71. The smallest absolute Gasteiger partial charge is 0.336 e. The zero-order valence-corrected chi connectivity index (χ0v) is 22.6. The summed E-state index contributed by atoms with van der Waals surface area (Å²) >= 11 is 0. The van der Waals surface area contributed by atoms with Gasteiger partial charge in [0.1, 0.15) is 12.4 Å². The number of benzene rings is 2. The molecule has 0 fully saturated rings. The van der Waals surface area contributed by atoms with Crippen LogP contribution in [0.25, 0.3) is 0 Å². The molecule has 38 heavy (non-hydrogen) atoms. The second-order valence-corrected chi connectivity index (χ2v) is 9.21. The predicted octanol–water partition coefficient (Wildman–Crippen LogP) is 4.65. The van der Waals surface area contributed by atoms with E-state index < -0.39 is 11.9 Å². The van der Waals surface area contributed by atoms with Crippen molar-refractivity contribution in [3.05, 3.63) is 76.1 Å². The average Bonchev–Trinajstić information content (AvgIpc) is 2.93. The molecule has 0 unspecified atom stereocenters. The van der Waals surface area contributed by atoms with E-state index in [9.17, 15) is 9.59 Å². The Bertz CT molecular complexity index is 1260. The summed E-state index contributed by atoms with van der Waals surface area (Å²) in [7, 11) is 4.77. The first kappa shape index (κ1) is 27.3. The highest BCUT2D eigenvalue weighted by atomic mass is 16.6. The van der Waals surface area contributed by atoms with Crippen LogP contribution < -0.4 is 19.5 Å². The van der Waals surface area contributed by atoms with E-state index >= 15 is 0 Å². The molecule has 2 aliphatic rings. The lowest BCUT2D eigenvalue weighted by Gasteiger charge is -2.37. The van der Waals surface area contributed by atoms with Gasteiger partial charge in [0.15, 0.2) is 17.3 Å². The van der Waals surface area contributed by atoms with Gasteiger partial charge in [-0.15, -0.1) is 0 Å². The number of ether oxygens (including phenoxy) is 5. The van der Waals surface area contributed by atoms with Crippen molar-refractivity contribution in [1.29, 1.82) is 0 Å². The van der Waals surface area contributed by atoms with Crippen molar-refractivity contribution in [2.45, 2.75) is 38.5 Å². The maximum atomic E-state index is 13.9. The first-order chi connectivity index (χ1) is 18.4. The van der Waals surface area contributed by atoms with Gasteiger partial charge in [0.2, 0.25) is 0 Å². The highest BCUT2D eigenvalue weighted by molar-refractivity contribution is 6.04. The molecule has 0 amide bonds. The van der Waals surface area contributed by atoms with Crippen molar-refractivity contribution in [3.8, 4) is 17.2 Å². The minimum atomic E-state index is -0.610. The van der Waals surface area contributed by atoms with Gasteiger partial charge in [-0.25, -0.2) is 4.79 Å². The SMILES string of the molecule is CCOCCOC(=O)C1=C(C)NC2=C(C(=O)C[C@H](c3ccc(OC)c(OC)c3)C2)[C@H]1c1ccccc1OC. The Hall–Kier alpha value is -3.78. The topological polar surface area (TPSA) is 92.3 Å². The third-order valence-corrected chi connectivity index (χ3v) is 7.04. The van der Waals surface area contributed by atoms with Crippen molar-refractivity contribution in [1.82, 2.24) is 5.32 Å². The van der Waals surface area contributed by atoms with Gasteiger partial charge in [-0.2, -0.15) is 0 Å². The number of nitrogens with one attached hydrogen (secondary N) is 1. The molecular weight excluding hydrogens is 486 g/mol. The molecule has 0 bridgehead atoms. The van der Waals surface area contributed by atoms with E-state index in [0.717, 1.165) is 16.8 Å². The molecule has 2 aromatic rings. The Labute approximate surface area is 223 Å². The zero-order chi connectivity index (χ0) is 27.2. The summed E-state index contributed by atoms with van der Waals surface area (Å²) in [5, 5.41) is 3.38. The molecule has 1 aliphatic heterocycles. The van der Waals surface area contributed by atoms with Crippen LogP contribution in [-0.2, 0) is 19.1 Å². The van der Waals surface area contributed by atoms with Crippen molar-refractivity contribution < 1.29 is 33.3 Å². The molecule has 0 saturated heterocycles. The van der Waals surface area contributed by atoms with E-state index in [4.69, 9.17) is 23.7 Å². The fourth-order valence-corrected chi connectivity index (χ4v) is 5.28. The summed E-state index contributed by atoms with van der Waals surface area (Å²) in [4.78, 5) is 27.2. The fourth-order valence-electron chi connectivity index (χ4n) is 5.28. The number of dihydropyridines is 1. The van der Waals surface area contributed by atoms with Crippen LogP contribution >= 0.6 is 0 Å². The molecule has 0 aromatic heterocycles. The molecule has 0 saturated carbocycles. The van der Waals surface area contributed by atoms with E-state index in [0.29, 0.717) is 60.1 Å². The van der Waals surface area contributed by atoms with E-state index in [-0.39, 0.29) is 18.3 Å². The van der Waals surface area contributed by atoms with Crippen LogP contribution in [0, 0.1) is 0 Å². The Kier molecular flexibility index (Phi) is 8.73. The third-order valence-electron chi connectivity index (χ3n) is 7.04. The van der Waals surface area contributed by atoms with Crippen molar-refractivity contribution in [2.75, 3.05) is 41.2 Å². The van der Waals surface area contributed by atoms with Gasteiger partial charge >= 0.3 is 5.97 Å². The summed E-state index contributed by atoms with van der Waals surface area (Å²) in [6, 6.07) is 13.2. The molecule has 1 aliphatic carbocycles. The van der Waals surface area contributed by atoms with Crippen LogP contribution in [0.1, 0.15) is 49.7 Å². The van der Waals surface area contributed by atoms with E-state index in [2.05, 4.69) is 5.32 Å². The van der Waals surface area contributed by atoms with Gasteiger partial charge in [0, 0.05) is 35.6 Å². The summed E-state index contributed by atoms with van der Waals surface area (Å²) in [5.41, 5.74) is 4.18. The number of ketones is 1. The highest BCUT2D eigenvalue weighted by Crippen LogP contribution is 2.48. The molecular formula is C30H35NO7. The average molecular weight is 522 g/mol. The maximum Gasteiger partial charge on any atom is 0.336 e. The Morgan fingerprint density at radius 2 is 1.68 bits per heavy atom. The predicted molar refractivity (Wildman–Crippen MR) is 143 cm³/mol. The molecule has 8 nitrogen and oxygen atoms in total. The van der Waals surface area contributed by atoms with Crippen molar-refractivity contribution in [3.63, 3.8) is 0 Å². The second kappa shape index (κ2) is 12.2. The summed E-state index contributed by atoms with van der Waals surface area (Å²) in [6.45, 7) is 4.70. The standard InChI is InChI=1S/C30H35NO7/c1-6-37-13-14-38-30(33)27-18(2)31-22-15-20(19-11-12-25(35-4)26(17-19)36-5)16-23(32)29(22)28(27)21-9-7-8-10-24(21)34-3/h7-12,17,20,28,31H,6,13-16H2,1-5H3/t20-,28+/m1/s1. The maximum absolute atomic E-state index is 13.9. The molecule has 1 N–H and O–H groups in total. The molecule has 202 valence electrons. The van der Waals surface area contributed by atoms with Gasteiger partial charge in [0.05, 0.1) is 39.4 Å². The molecule has 2 aromatic carbocycles. The first-order valence-electron chi connectivity index (χ1n) is 12.8. The number of methoxy groups -OCH3 is 3. The fraction of sp³-hybridized carbons (Fsp3) is 0.400. The zero-order valence-electron chi connectivity index (χ0n) is 22.6. The van der Waals surface area contributed by atoms with Crippen molar-refractivity contribution >= 4 is 11.8 Å². The monoisotopic (exact) mass is 521 g/mol. The van der Waals surface area contributed by atoms with Crippen LogP contribution in [0.4, 0.5) is 0 Å². The first-order valence-corrected chi connectivity index (χ1v) is 12.8. The Morgan fingerprint density at radius 1 is 0.947 bits per heavy atom. The minimum absolute atomic E-state index is 0.0263. The Morgan fingerprint density at radius 3 is 2.39 bits per heavy atom. The number of hydrogen-bond donors (Lipinski definition) is 1. The molecule has 8 heteroatoms. The Balaban J connectivity index is 1.74. The van der Waals surface area contributed by atoms with E-state index in [1.807, 2.05) is 56.3 Å². The molecule has 2 atom stereocenters. The van der Waals surface area contributed by atoms with Crippen LogP contribution in [0.15, 0.2) is 65.0 Å². The van der Waals surface area contributed by atoms with E-state index in [1.54, 1.807) is 21.3 Å². The van der Waals surface area contributed by atoms with Crippen LogP contribution in [0.5, 0.6) is 17.2 Å². The van der Waals surface area contributed by atoms with Crippen LogP contribution in [-0.4, -0.2) is 52.9 Å². The molecule has 4 rings (SSSR count). The summed E-state index contributed by atoms with van der Waals surface area (Å²) < 4.78 is 27.4. The van der Waals surface area contributed by atoms with Gasteiger partial charge < -0.3 is 29.0 Å². The lowest BCUT2D eigenvalue weighted by molar-refractivity contribution is -0.140. The number of hydrogen-bond acceptors (Lipinski definition) is 8. The summed E-state index contributed by atoms with van der Waals surface area (Å²) in [5.74, 6) is 0.688. The lowest BCUT2D eigenvalue weighted by Crippen LogP contribution is -2.36. The normalized spacial score (nSPS) is 19.0. The van der Waals surface area contributed by atoms with Crippen LogP contribution in [0.2, 0.25) is 0 Å². The highest BCUT2D eigenvalue weighted by Gasteiger charge is 2.42. The van der Waals surface area contributed by atoms with Gasteiger partial charge in [-0.3, -0.25) is 4.79 Å². The number of para-hydroxylation sites is 1. The van der Waals surface area contributed by atoms with E-state index in [1.165, 1.54) is 0 Å². The second-order valence-electron chi connectivity index (χ2n) is 9.21. The van der Waals surface area contributed by atoms with Crippen LogP contribution in [0.3, 0.4) is 0 Å². The minimum Gasteiger partial charge on any atom is -0.496 e. The number of esters is 1. The number of carbonyl (C=O) groups is 2. The quantitative estimate of drug-likeness (QED) is 0.357. The molecule has 1 heterocycles. The van der Waals surface area contributed by atoms with Gasteiger partial charge in [0.25, 0.3) is 0 Å². The van der Waals surface area contributed by atoms with Gasteiger partial charge in [-0.05, 0) is 49.9 Å². The number of Topliss-reactive ketones (excluding diaryl/α,β-unsaturated/α-hetero) is 1. The number of allylic oxidation sites excluding steroid dienone is 3. The number of rotatable bonds is 10. The molecule has 0 radical (unpaired) electrons. The third kappa shape index (κ3) is 5.41. The van der Waals surface area contributed by atoms with Crippen molar-refractivity contribution in [2.24, 2.45) is 0 Å². The van der Waals surface area contributed by atoms with Gasteiger partial charge in [-0.1, -0.05) is 24.3 Å². The number of carbonyl (C=O) groups excluding carboxylic acids is 2. The summed E-state index contributed by atoms with van der Waals surface area (Å²) in [6.07, 6.45) is 0.902. The molecule has 0 spiro atoms.